The third kappa shape index (κ3) is 6.58. The summed E-state index contributed by atoms with van der Waals surface area (Å²) >= 11 is 4.98. The van der Waals surface area contributed by atoms with Gasteiger partial charge in [0, 0.05) is 0 Å². The molecule has 3 aromatic rings. The highest BCUT2D eigenvalue weighted by molar-refractivity contribution is 7.80. The summed E-state index contributed by atoms with van der Waals surface area (Å²) in [5.41, 5.74) is 4.80. The molecule has 0 aromatic heterocycles. The number of hydrogen-bond donors (Lipinski definition) is 3. The van der Waals surface area contributed by atoms with Crippen molar-refractivity contribution in [1.29, 1.82) is 0 Å². The van der Waals surface area contributed by atoms with Gasteiger partial charge >= 0.3 is 0 Å². The van der Waals surface area contributed by atoms with Gasteiger partial charge in [-0.15, -0.1) is 0 Å². The molecule has 0 atom stereocenters. The molecule has 8 nitrogen and oxygen atoms in total. The molecule has 3 N–H and O–H groups in total. The van der Waals surface area contributed by atoms with E-state index in [9.17, 15) is 9.59 Å². The lowest BCUT2D eigenvalue weighted by Crippen LogP contribution is -2.50. The number of rotatable bonds is 7. The fourth-order valence-electron chi connectivity index (χ4n) is 2.64. The van der Waals surface area contributed by atoms with E-state index >= 15 is 0 Å². The lowest BCUT2D eigenvalue weighted by molar-refractivity contribution is -0.124. The van der Waals surface area contributed by atoms with Gasteiger partial charge < -0.3 is 14.2 Å². The minimum atomic E-state index is -0.495. The van der Waals surface area contributed by atoms with E-state index in [2.05, 4.69) is 16.2 Å². The van der Waals surface area contributed by atoms with Crippen molar-refractivity contribution in [1.82, 2.24) is 16.2 Å². The first kappa shape index (κ1) is 21.8. The molecule has 3 aromatic carbocycles. The number of methoxy groups -OCH3 is 1. The Kier molecular flexibility index (Phi) is 7.61. The quantitative estimate of drug-likeness (QED) is 0.384. The minimum absolute atomic E-state index is 0.0762. The van der Waals surface area contributed by atoms with Crippen molar-refractivity contribution < 1.29 is 23.8 Å². The number of nitrogens with one attached hydrogen (secondary N) is 3. The van der Waals surface area contributed by atoms with Crippen molar-refractivity contribution in [2.45, 2.75) is 0 Å². The maximum atomic E-state index is 11.9. The van der Waals surface area contributed by atoms with Crippen LogP contribution < -0.4 is 30.4 Å². The maximum absolute atomic E-state index is 11.9. The summed E-state index contributed by atoms with van der Waals surface area (Å²) in [5.74, 6) is 0.547. The SMILES string of the molecule is COc1ccccc1OCC(=O)NC(=S)NNC(=O)COc1ccc2ccccc2c1. The Balaban J connectivity index is 1.37. The van der Waals surface area contributed by atoms with Crippen LogP contribution in [0.3, 0.4) is 0 Å². The molecular weight excluding hydrogens is 418 g/mol. The van der Waals surface area contributed by atoms with Gasteiger partial charge in [0.2, 0.25) is 0 Å². The first-order chi connectivity index (χ1) is 15.0. The average Bonchev–Trinajstić information content (AvgIpc) is 2.80. The molecule has 0 spiro atoms. The maximum Gasteiger partial charge on any atom is 0.276 e. The molecule has 0 aliphatic carbocycles. The Morgan fingerprint density at radius 1 is 0.806 bits per heavy atom. The average molecular weight is 439 g/mol. The monoisotopic (exact) mass is 439 g/mol. The Morgan fingerprint density at radius 3 is 2.26 bits per heavy atom. The van der Waals surface area contributed by atoms with Gasteiger partial charge in [-0.25, -0.2) is 0 Å². The zero-order chi connectivity index (χ0) is 22.1. The van der Waals surface area contributed by atoms with Crippen molar-refractivity contribution in [3.05, 3.63) is 66.7 Å². The second kappa shape index (κ2) is 10.8. The third-order valence-electron chi connectivity index (χ3n) is 4.09. The lowest BCUT2D eigenvalue weighted by Gasteiger charge is -2.13. The summed E-state index contributed by atoms with van der Waals surface area (Å²) < 4.78 is 16.0. The molecular formula is C22H21N3O5S. The molecule has 0 saturated heterocycles. The summed E-state index contributed by atoms with van der Waals surface area (Å²) in [7, 11) is 1.51. The Hall–Kier alpha value is -3.85. The van der Waals surface area contributed by atoms with Crippen LogP contribution in [0.25, 0.3) is 10.8 Å². The van der Waals surface area contributed by atoms with Gasteiger partial charge in [-0.3, -0.25) is 25.8 Å². The van der Waals surface area contributed by atoms with Crippen molar-refractivity contribution >= 4 is 39.9 Å². The summed E-state index contributed by atoms with van der Waals surface area (Å²) in [4.78, 5) is 23.9. The second-order valence-corrected chi connectivity index (χ2v) is 6.70. The smallest absolute Gasteiger partial charge is 0.276 e. The Bertz CT molecular complexity index is 1090. The third-order valence-corrected chi connectivity index (χ3v) is 4.29. The number of para-hydroxylation sites is 2. The highest BCUT2D eigenvalue weighted by Crippen LogP contribution is 2.25. The van der Waals surface area contributed by atoms with Gasteiger partial charge in [0.05, 0.1) is 7.11 Å². The Labute approximate surface area is 184 Å². The zero-order valence-electron chi connectivity index (χ0n) is 16.7. The number of thiocarbonyl (C=S) groups is 1. The molecule has 0 heterocycles. The van der Waals surface area contributed by atoms with Gasteiger partial charge in [-0.2, -0.15) is 0 Å². The van der Waals surface area contributed by atoms with Crippen LogP contribution in [0.5, 0.6) is 17.2 Å². The number of fused-ring (bicyclic) bond motifs is 1. The van der Waals surface area contributed by atoms with Crippen LogP contribution in [-0.2, 0) is 9.59 Å². The fraction of sp³-hybridized carbons (Fsp3) is 0.136. The molecule has 0 saturated carbocycles. The van der Waals surface area contributed by atoms with Crippen LogP contribution >= 0.6 is 12.2 Å². The summed E-state index contributed by atoms with van der Waals surface area (Å²) in [6, 6.07) is 20.3. The van der Waals surface area contributed by atoms with Crippen molar-refractivity contribution in [3.63, 3.8) is 0 Å². The van der Waals surface area contributed by atoms with Crippen LogP contribution in [0.15, 0.2) is 66.7 Å². The molecule has 0 bridgehead atoms. The van der Waals surface area contributed by atoms with E-state index in [0.717, 1.165) is 10.8 Å². The molecule has 3 rings (SSSR count). The van der Waals surface area contributed by atoms with Crippen molar-refractivity contribution in [2.24, 2.45) is 0 Å². The van der Waals surface area contributed by atoms with Crippen LogP contribution in [0.4, 0.5) is 0 Å². The molecule has 0 aliphatic rings. The van der Waals surface area contributed by atoms with E-state index in [4.69, 9.17) is 26.4 Å². The molecule has 9 heteroatoms. The molecule has 0 aliphatic heterocycles. The molecule has 2 amide bonds. The van der Waals surface area contributed by atoms with Gasteiger partial charge in [0.15, 0.2) is 29.8 Å². The normalized spacial score (nSPS) is 10.1. The van der Waals surface area contributed by atoms with Gasteiger partial charge in [-0.05, 0) is 47.3 Å². The topological polar surface area (TPSA) is 97.9 Å². The second-order valence-electron chi connectivity index (χ2n) is 6.29. The van der Waals surface area contributed by atoms with E-state index in [1.54, 1.807) is 30.3 Å². The first-order valence-electron chi connectivity index (χ1n) is 9.31. The van der Waals surface area contributed by atoms with E-state index in [1.165, 1.54) is 7.11 Å². The molecule has 0 unspecified atom stereocenters. The molecule has 160 valence electrons. The standard InChI is InChI=1S/C22H21N3O5S/c1-28-18-8-4-5-9-19(18)30-13-20(26)23-22(31)25-24-21(27)14-29-17-11-10-15-6-2-3-7-16(15)12-17/h2-12H,13-14H2,1H3,(H,24,27)(H2,23,25,26,31). The highest BCUT2D eigenvalue weighted by Gasteiger charge is 2.09. The van der Waals surface area contributed by atoms with Crippen molar-refractivity contribution in [3.8, 4) is 17.2 Å². The first-order valence-corrected chi connectivity index (χ1v) is 9.72. The lowest BCUT2D eigenvalue weighted by atomic mass is 10.1. The number of hydrazine groups is 1. The van der Waals surface area contributed by atoms with E-state index in [0.29, 0.717) is 17.2 Å². The summed E-state index contributed by atoms with van der Waals surface area (Å²) in [6.45, 7) is -0.500. The number of carbonyl (C=O) groups excluding carboxylic acids is 2. The van der Waals surface area contributed by atoms with Gasteiger partial charge in [0.25, 0.3) is 11.8 Å². The molecule has 0 fully saturated rings. The number of carbonyl (C=O) groups is 2. The Morgan fingerprint density at radius 2 is 1.48 bits per heavy atom. The number of benzene rings is 3. The number of amides is 2. The van der Waals surface area contributed by atoms with Crippen molar-refractivity contribution in [2.75, 3.05) is 20.3 Å². The predicted octanol–water partition coefficient (Wildman–Crippen LogP) is 2.33. The molecule has 31 heavy (non-hydrogen) atoms. The summed E-state index contributed by atoms with van der Waals surface area (Å²) in [6.07, 6.45) is 0. The zero-order valence-corrected chi connectivity index (χ0v) is 17.5. The van der Waals surface area contributed by atoms with E-state index in [1.807, 2.05) is 36.4 Å². The number of ether oxygens (including phenoxy) is 3. The summed E-state index contributed by atoms with van der Waals surface area (Å²) in [5, 5.41) is 4.41. The minimum Gasteiger partial charge on any atom is -0.493 e. The van der Waals surface area contributed by atoms with Crippen LogP contribution in [0.1, 0.15) is 0 Å². The van der Waals surface area contributed by atoms with E-state index in [-0.39, 0.29) is 18.3 Å². The van der Waals surface area contributed by atoms with E-state index < -0.39 is 11.8 Å². The van der Waals surface area contributed by atoms with Crippen LogP contribution in [0.2, 0.25) is 0 Å². The molecule has 0 radical (unpaired) electrons. The van der Waals surface area contributed by atoms with Crippen LogP contribution in [0, 0.1) is 0 Å². The van der Waals surface area contributed by atoms with Gasteiger partial charge in [-0.1, -0.05) is 42.5 Å². The predicted molar refractivity (Wildman–Crippen MR) is 120 cm³/mol. The largest absolute Gasteiger partial charge is 0.493 e. The highest BCUT2D eigenvalue weighted by atomic mass is 32.1. The van der Waals surface area contributed by atoms with Gasteiger partial charge in [0.1, 0.15) is 5.75 Å². The van der Waals surface area contributed by atoms with Crippen LogP contribution in [-0.4, -0.2) is 37.3 Å². The fourth-order valence-corrected chi connectivity index (χ4v) is 2.81. The number of hydrogen-bond acceptors (Lipinski definition) is 6.